The Morgan fingerprint density at radius 3 is 2.30 bits per heavy atom. The topological polar surface area (TPSA) is 103 Å². The standard InChI is InChI=1S/C16H14F3N3O5/c1-26-13-8-12(22(24)25)14(27-2)7-11(13)21-15(23)20-10-5-3-4-9(6-10)16(17,18)19/h3-8H,1-2H3,(H2,20,21,23). The van der Waals surface area contributed by atoms with E-state index in [1.54, 1.807) is 0 Å². The van der Waals surface area contributed by atoms with Gasteiger partial charge in [0.05, 0.1) is 36.5 Å². The predicted molar refractivity (Wildman–Crippen MR) is 90.3 cm³/mol. The minimum absolute atomic E-state index is 0.0262. The minimum Gasteiger partial charge on any atom is -0.494 e. The number of amides is 2. The number of hydrogen-bond acceptors (Lipinski definition) is 5. The average Bonchev–Trinajstić information content (AvgIpc) is 2.60. The number of ether oxygens (including phenoxy) is 2. The van der Waals surface area contributed by atoms with Gasteiger partial charge in [-0.15, -0.1) is 0 Å². The van der Waals surface area contributed by atoms with Gasteiger partial charge in [0.25, 0.3) is 0 Å². The van der Waals surface area contributed by atoms with Crippen molar-refractivity contribution in [3.05, 3.63) is 52.1 Å². The van der Waals surface area contributed by atoms with Crippen LogP contribution in [0.15, 0.2) is 36.4 Å². The first-order valence-electron chi connectivity index (χ1n) is 7.31. The molecule has 0 unspecified atom stereocenters. The van der Waals surface area contributed by atoms with Crippen LogP contribution >= 0.6 is 0 Å². The molecule has 0 atom stereocenters. The van der Waals surface area contributed by atoms with Crippen LogP contribution in [0, 0.1) is 10.1 Å². The van der Waals surface area contributed by atoms with E-state index >= 15 is 0 Å². The van der Waals surface area contributed by atoms with Crippen LogP contribution in [0.25, 0.3) is 0 Å². The number of nitrogens with zero attached hydrogens (tertiary/aromatic N) is 1. The fraction of sp³-hybridized carbons (Fsp3) is 0.188. The Morgan fingerprint density at radius 1 is 1.07 bits per heavy atom. The van der Waals surface area contributed by atoms with Gasteiger partial charge in [0.2, 0.25) is 0 Å². The number of rotatable bonds is 5. The molecule has 0 radical (unpaired) electrons. The van der Waals surface area contributed by atoms with E-state index < -0.39 is 22.7 Å². The maximum atomic E-state index is 12.7. The number of hydrogen-bond donors (Lipinski definition) is 2. The lowest BCUT2D eigenvalue weighted by atomic mass is 10.2. The van der Waals surface area contributed by atoms with Gasteiger partial charge in [-0.3, -0.25) is 10.1 Å². The van der Waals surface area contributed by atoms with E-state index in [4.69, 9.17) is 9.47 Å². The van der Waals surface area contributed by atoms with Gasteiger partial charge in [0.15, 0.2) is 5.75 Å². The van der Waals surface area contributed by atoms with E-state index in [0.29, 0.717) is 0 Å². The summed E-state index contributed by atoms with van der Waals surface area (Å²) in [7, 11) is 2.45. The summed E-state index contributed by atoms with van der Waals surface area (Å²) in [6, 6.07) is 5.42. The SMILES string of the molecule is COc1cc([N+](=O)[O-])c(OC)cc1NC(=O)Nc1cccc(C(F)(F)F)c1. The molecule has 2 N–H and O–H groups in total. The van der Waals surface area contributed by atoms with Gasteiger partial charge in [-0.05, 0) is 18.2 Å². The lowest BCUT2D eigenvalue weighted by molar-refractivity contribution is -0.385. The van der Waals surface area contributed by atoms with Crippen molar-refractivity contribution in [1.82, 2.24) is 0 Å². The summed E-state index contributed by atoms with van der Waals surface area (Å²) in [5.41, 5.74) is -1.35. The number of anilines is 2. The summed E-state index contributed by atoms with van der Waals surface area (Å²) in [6.45, 7) is 0. The van der Waals surface area contributed by atoms with Gasteiger partial charge in [-0.25, -0.2) is 4.79 Å². The molecular weight excluding hydrogens is 371 g/mol. The van der Waals surface area contributed by atoms with Crippen molar-refractivity contribution in [1.29, 1.82) is 0 Å². The van der Waals surface area contributed by atoms with Crippen molar-refractivity contribution in [2.75, 3.05) is 24.9 Å². The third-order valence-electron chi connectivity index (χ3n) is 3.39. The minimum atomic E-state index is -4.55. The highest BCUT2D eigenvalue weighted by atomic mass is 19.4. The summed E-state index contributed by atoms with van der Waals surface area (Å²) in [5.74, 6) is -0.156. The number of benzene rings is 2. The molecule has 0 heterocycles. The lowest BCUT2D eigenvalue weighted by Gasteiger charge is -2.13. The maximum absolute atomic E-state index is 12.7. The highest BCUT2D eigenvalue weighted by Crippen LogP contribution is 2.37. The Bertz CT molecular complexity index is 871. The Hall–Kier alpha value is -3.50. The van der Waals surface area contributed by atoms with Gasteiger partial charge in [-0.2, -0.15) is 13.2 Å². The van der Waals surface area contributed by atoms with Crippen molar-refractivity contribution in [2.45, 2.75) is 6.18 Å². The van der Waals surface area contributed by atoms with E-state index in [1.807, 2.05) is 0 Å². The maximum Gasteiger partial charge on any atom is 0.416 e. The Balaban J connectivity index is 2.24. The van der Waals surface area contributed by atoms with Crippen molar-refractivity contribution in [2.24, 2.45) is 0 Å². The molecule has 2 aromatic rings. The molecule has 0 fully saturated rings. The van der Waals surface area contributed by atoms with E-state index in [2.05, 4.69) is 10.6 Å². The highest BCUT2D eigenvalue weighted by Gasteiger charge is 2.30. The second kappa shape index (κ2) is 7.81. The molecule has 144 valence electrons. The van der Waals surface area contributed by atoms with Crippen LogP contribution in [0.4, 0.5) is 35.0 Å². The molecule has 0 bridgehead atoms. The molecule has 0 aliphatic rings. The van der Waals surface area contributed by atoms with Gasteiger partial charge in [0.1, 0.15) is 5.75 Å². The van der Waals surface area contributed by atoms with Crippen molar-refractivity contribution in [3.8, 4) is 11.5 Å². The first-order chi connectivity index (χ1) is 12.7. The van der Waals surface area contributed by atoms with Crippen LogP contribution in [0.2, 0.25) is 0 Å². The molecule has 0 aromatic heterocycles. The van der Waals surface area contributed by atoms with Crippen molar-refractivity contribution in [3.63, 3.8) is 0 Å². The number of carbonyl (C=O) groups is 1. The molecular formula is C16H14F3N3O5. The van der Waals surface area contributed by atoms with Crippen molar-refractivity contribution >= 4 is 23.1 Å². The molecule has 0 aliphatic heterocycles. The lowest BCUT2D eigenvalue weighted by Crippen LogP contribution is -2.20. The van der Waals surface area contributed by atoms with E-state index in [0.717, 1.165) is 24.3 Å². The van der Waals surface area contributed by atoms with Crippen LogP contribution in [-0.4, -0.2) is 25.2 Å². The predicted octanol–water partition coefficient (Wildman–Crippen LogP) is 4.27. The second-order valence-electron chi connectivity index (χ2n) is 5.14. The Morgan fingerprint density at radius 2 is 1.74 bits per heavy atom. The molecule has 0 saturated heterocycles. The zero-order valence-electron chi connectivity index (χ0n) is 14.1. The molecule has 8 nitrogen and oxygen atoms in total. The zero-order valence-corrected chi connectivity index (χ0v) is 14.1. The first-order valence-corrected chi connectivity index (χ1v) is 7.31. The fourth-order valence-electron chi connectivity index (χ4n) is 2.18. The molecule has 27 heavy (non-hydrogen) atoms. The molecule has 0 saturated carbocycles. The Labute approximate surface area is 151 Å². The number of urea groups is 1. The number of methoxy groups -OCH3 is 2. The average molecular weight is 385 g/mol. The molecule has 2 amide bonds. The number of nitrogens with one attached hydrogen (secondary N) is 2. The smallest absolute Gasteiger partial charge is 0.416 e. The summed E-state index contributed by atoms with van der Waals surface area (Å²) < 4.78 is 48.1. The monoisotopic (exact) mass is 385 g/mol. The summed E-state index contributed by atoms with van der Waals surface area (Å²) >= 11 is 0. The van der Waals surface area contributed by atoms with Crippen molar-refractivity contribution < 1.29 is 32.4 Å². The molecule has 0 aliphatic carbocycles. The number of carbonyl (C=O) groups excluding carboxylic acids is 1. The Kier molecular flexibility index (Phi) is 5.73. The van der Waals surface area contributed by atoms with E-state index in [-0.39, 0.29) is 28.6 Å². The van der Waals surface area contributed by atoms with Crippen LogP contribution in [0.5, 0.6) is 11.5 Å². The van der Waals surface area contributed by atoms with Crippen LogP contribution in [-0.2, 0) is 6.18 Å². The van der Waals surface area contributed by atoms with Gasteiger partial charge in [0, 0.05) is 11.8 Å². The highest BCUT2D eigenvalue weighted by molar-refractivity contribution is 6.01. The number of nitro groups is 1. The number of nitro benzene ring substituents is 1. The van der Waals surface area contributed by atoms with Crippen LogP contribution in [0.3, 0.4) is 0 Å². The van der Waals surface area contributed by atoms with Gasteiger partial charge in [-0.1, -0.05) is 6.07 Å². The molecule has 2 aromatic carbocycles. The molecule has 11 heteroatoms. The quantitative estimate of drug-likeness (QED) is 0.591. The summed E-state index contributed by atoms with van der Waals surface area (Å²) in [6.07, 6.45) is -4.55. The zero-order chi connectivity index (χ0) is 20.2. The number of alkyl halides is 3. The molecule has 2 rings (SSSR count). The third-order valence-corrected chi connectivity index (χ3v) is 3.39. The van der Waals surface area contributed by atoms with Crippen LogP contribution < -0.4 is 20.1 Å². The summed E-state index contributed by atoms with van der Waals surface area (Å²) in [5, 5.41) is 15.6. The second-order valence-corrected chi connectivity index (χ2v) is 5.14. The normalized spacial score (nSPS) is 10.9. The molecule has 0 spiro atoms. The van der Waals surface area contributed by atoms with E-state index in [1.165, 1.54) is 26.4 Å². The van der Waals surface area contributed by atoms with E-state index in [9.17, 15) is 28.1 Å². The summed E-state index contributed by atoms with van der Waals surface area (Å²) in [4.78, 5) is 22.4. The number of halogens is 3. The van der Waals surface area contributed by atoms with Crippen LogP contribution in [0.1, 0.15) is 5.56 Å². The fourth-order valence-corrected chi connectivity index (χ4v) is 2.18. The largest absolute Gasteiger partial charge is 0.494 e. The first kappa shape index (κ1) is 19.8. The third kappa shape index (κ3) is 4.77. The van der Waals surface area contributed by atoms with Gasteiger partial charge >= 0.3 is 17.9 Å². The van der Waals surface area contributed by atoms with Gasteiger partial charge < -0.3 is 20.1 Å².